The Bertz CT molecular complexity index is 454. The van der Waals surface area contributed by atoms with Gasteiger partial charge >= 0.3 is 0 Å². The average molecular weight is 208 g/mol. The second kappa shape index (κ2) is 3.77. The van der Waals surface area contributed by atoms with Crippen molar-refractivity contribution >= 4 is 0 Å². The van der Waals surface area contributed by atoms with Crippen LogP contribution in [0, 0.1) is 17.5 Å². The summed E-state index contributed by atoms with van der Waals surface area (Å²) in [4.78, 5) is 0. The molecule has 0 atom stereocenters. The van der Waals surface area contributed by atoms with Crippen LogP contribution in [-0.2, 0) is 0 Å². The van der Waals surface area contributed by atoms with E-state index in [1.165, 1.54) is 36.4 Å². The van der Waals surface area contributed by atoms with Gasteiger partial charge in [-0.15, -0.1) is 0 Å². The zero-order chi connectivity index (χ0) is 10.8. The van der Waals surface area contributed by atoms with Crippen LogP contribution in [0.1, 0.15) is 0 Å². The first-order chi connectivity index (χ1) is 7.15. The predicted molar refractivity (Wildman–Crippen MR) is 51.8 cm³/mol. The van der Waals surface area contributed by atoms with Crippen LogP contribution >= 0.6 is 0 Å². The van der Waals surface area contributed by atoms with Crippen molar-refractivity contribution in [3.63, 3.8) is 0 Å². The molecule has 0 amide bonds. The van der Waals surface area contributed by atoms with Crippen molar-refractivity contribution in [1.29, 1.82) is 0 Å². The molecule has 0 spiro atoms. The van der Waals surface area contributed by atoms with Crippen LogP contribution < -0.4 is 0 Å². The standard InChI is InChI=1S/C12H7F3/c13-10-3-1-8(2-4-10)9-5-11(14)7-12(15)6-9/h1-7H. The minimum Gasteiger partial charge on any atom is -0.207 e. The molecule has 0 aliphatic heterocycles. The highest BCUT2D eigenvalue weighted by Gasteiger charge is 2.02. The molecule has 0 heterocycles. The Kier molecular flexibility index (Phi) is 2.46. The van der Waals surface area contributed by atoms with Crippen molar-refractivity contribution in [2.45, 2.75) is 0 Å². The molecular weight excluding hydrogens is 201 g/mol. The van der Waals surface area contributed by atoms with Crippen LogP contribution in [-0.4, -0.2) is 0 Å². The second-order valence-electron chi connectivity index (χ2n) is 3.17. The largest absolute Gasteiger partial charge is 0.207 e. The molecule has 0 aliphatic carbocycles. The molecule has 0 N–H and O–H groups in total. The third kappa shape index (κ3) is 2.18. The molecule has 0 aromatic heterocycles. The van der Waals surface area contributed by atoms with Gasteiger partial charge in [0.25, 0.3) is 0 Å². The van der Waals surface area contributed by atoms with E-state index >= 15 is 0 Å². The molecule has 0 saturated carbocycles. The van der Waals surface area contributed by atoms with Crippen molar-refractivity contribution in [2.75, 3.05) is 0 Å². The van der Waals surface area contributed by atoms with E-state index in [1.807, 2.05) is 0 Å². The van der Waals surface area contributed by atoms with E-state index in [4.69, 9.17) is 0 Å². The maximum atomic E-state index is 12.9. The predicted octanol–water partition coefficient (Wildman–Crippen LogP) is 3.77. The molecule has 15 heavy (non-hydrogen) atoms. The van der Waals surface area contributed by atoms with Crippen LogP contribution in [0.15, 0.2) is 42.5 Å². The van der Waals surface area contributed by atoms with E-state index in [9.17, 15) is 13.2 Å². The van der Waals surface area contributed by atoms with Gasteiger partial charge in [0.2, 0.25) is 0 Å². The van der Waals surface area contributed by atoms with Gasteiger partial charge in [-0.2, -0.15) is 0 Å². The third-order valence-corrected chi connectivity index (χ3v) is 2.04. The Hall–Kier alpha value is -1.77. The molecule has 0 unspecified atom stereocenters. The molecule has 0 saturated heterocycles. The number of hydrogen-bond donors (Lipinski definition) is 0. The van der Waals surface area contributed by atoms with Crippen molar-refractivity contribution in [3.05, 3.63) is 59.9 Å². The Morgan fingerprint density at radius 2 is 1.07 bits per heavy atom. The molecule has 0 bridgehead atoms. The Labute approximate surface area is 85.0 Å². The fourth-order valence-electron chi connectivity index (χ4n) is 1.36. The maximum absolute atomic E-state index is 12.9. The zero-order valence-corrected chi connectivity index (χ0v) is 7.68. The fourth-order valence-corrected chi connectivity index (χ4v) is 1.36. The highest BCUT2D eigenvalue weighted by molar-refractivity contribution is 5.63. The Morgan fingerprint density at radius 1 is 0.533 bits per heavy atom. The van der Waals surface area contributed by atoms with Gasteiger partial charge in [-0.1, -0.05) is 12.1 Å². The molecular formula is C12H7F3. The van der Waals surface area contributed by atoms with Gasteiger partial charge < -0.3 is 0 Å². The monoisotopic (exact) mass is 208 g/mol. The topological polar surface area (TPSA) is 0 Å². The zero-order valence-electron chi connectivity index (χ0n) is 7.68. The maximum Gasteiger partial charge on any atom is 0.126 e. The summed E-state index contributed by atoms with van der Waals surface area (Å²) >= 11 is 0. The minimum absolute atomic E-state index is 0.379. The molecule has 3 heteroatoms. The number of halogens is 3. The number of hydrogen-bond acceptors (Lipinski definition) is 0. The van der Waals surface area contributed by atoms with Crippen LogP contribution in [0.3, 0.4) is 0 Å². The second-order valence-corrected chi connectivity index (χ2v) is 3.17. The van der Waals surface area contributed by atoms with Crippen LogP contribution in [0.2, 0.25) is 0 Å². The molecule has 2 aromatic rings. The molecule has 2 aromatic carbocycles. The van der Waals surface area contributed by atoms with E-state index in [2.05, 4.69) is 0 Å². The van der Waals surface area contributed by atoms with Gasteiger partial charge in [-0.05, 0) is 35.4 Å². The summed E-state index contributed by atoms with van der Waals surface area (Å²) in [6, 6.07) is 8.66. The number of rotatable bonds is 1. The summed E-state index contributed by atoms with van der Waals surface area (Å²) < 4.78 is 38.4. The first-order valence-corrected chi connectivity index (χ1v) is 4.37. The quantitative estimate of drug-likeness (QED) is 0.669. The smallest absolute Gasteiger partial charge is 0.126 e. The average Bonchev–Trinajstić information content (AvgIpc) is 2.17. The summed E-state index contributed by atoms with van der Waals surface area (Å²) in [6.07, 6.45) is 0. The lowest BCUT2D eigenvalue weighted by Gasteiger charge is -2.02. The van der Waals surface area contributed by atoms with Crippen molar-refractivity contribution in [1.82, 2.24) is 0 Å². The fraction of sp³-hybridized carbons (Fsp3) is 0. The van der Waals surface area contributed by atoms with E-state index in [-0.39, 0.29) is 5.82 Å². The Morgan fingerprint density at radius 3 is 1.60 bits per heavy atom. The lowest BCUT2D eigenvalue weighted by molar-refractivity contribution is 0.584. The van der Waals surface area contributed by atoms with Gasteiger partial charge in [0.15, 0.2) is 0 Å². The highest BCUT2D eigenvalue weighted by Crippen LogP contribution is 2.21. The van der Waals surface area contributed by atoms with Crippen molar-refractivity contribution in [3.8, 4) is 11.1 Å². The first kappa shape index (κ1) is 9.77. The highest BCUT2D eigenvalue weighted by atomic mass is 19.1. The molecule has 76 valence electrons. The van der Waals surface area contributed by atoms with E-state index in [0.29, 0.717) is 11.1 Å². The summed E-state index contributed by atoms with van der Waals surface area (Å²) in [5, 5.41) is 0. The van der Waals surface area contributed by atoms with Crippen LogP contribution in [0.4, 0.5) is 13.2 Å². The van der Waals surface area contributed by atoms with Crippen molar-refractivity contribution in [2.24, 2.45) is 0 Å². The normalized spacial score (nSPS) is 10.3. The van der Waals surface area contributed by atoms with Gasteiger partial charge in [-0.3, -0.25) is 0 Å². The van der Waals surface area contributed by atoms with E-state index in [1.54, 1.807) is 0 Å². The molecule has 0 fully saturated rings. The van der Waals surface area contributed by atoms with E-state index < -0.39 is 11.6 Å². The molecule has 0 nitrogen and oxygen atoms in total. The minimum atomic E-state index is -0.644. The lowest BCUT2D eigenvalue weighted by Crippen LogP contribution is -1.84. The SMILES string of the molecule is Fc1ccc(-c2cc(F)cc(F)c2)cc1. The number of benzene rings is 2. The van der Waals surface area contributed by atoms with E-state index in [0.717, 1.165) is 6.07 Å². The first-order valence-electron chi connectivity index (χ1n) is 4.37. The lowest BCUT2D eigenvalue weighted by atomic mass is 10.1. The molecule has 0 radical (unpaired) electrons. The van der Waals surface area contributed by atoms with Gasteiger partial charge in [0.1, 0.15) is 17.5 Å². The Balaban J connectivity index is 2.49. The van der Waals surface area contributed by atoms with Crippen LogP contribution in [0.5, 0.6) is 0 Å². The van der Waals surface area contributed by atoms with Gasteiger partial charge in [0.05, 0.1) is 0 Å². The summed E-state index contributed by atoms with van der Waals surface area (Å²) in [6.45, 7) is 0. The van der Waals surface area contributed by atoms with Gasteiger partial charge in [-0.25, -0.2) is 13.2 Å². The summed E-state index contributed by atoms with van der Waals surface area (Å²) in [5.74, 6) is -1.67. The summed E-state index contributed by atoms with van der Waals surface area (Å²) in [7, 11) is 0. The third-order valence-electron chi connectivity index (χ3n) is 2.04. The van der Waals surface area contributed by atoms with Gasteiger partial charge in [0, 0.05) is 6.07 Å². The van der Waals surface area contributed by atoms with Crippen molar-refractivity contribution < 1.29 is 13.2 Å². The summed E-state index contributed by atoms with van der Waals surface area (Å²) in [5.41, 5.74) is 0.974. The molecule has 0 aliphatic rings. The molecule has 2 rings (SSSR count). The van der Waals surface area contributed by atoms with Crippen LogP contribution in [0.25, 0.3) is 11.1 Å².